The number of carbonyl (C=O) groups is 1. The van der Waals surface area contributed by atoms with E-state index < -0.39 is 0 Å². The summed E-state index contributed by atoms with van der Waals surface area (Å²) in [7, 11) is 1.35. The van der Waals surface area contributed by atoms with Crippen molar-refractivity contribution in [1.29, 1.82) is 0 Å². The predicted octanol–water partition coefficient (Wildman–Crippen LogP) is 2.55. The molecule has 0 aliphatic carbocycles. The van der Waals surface area contributed by atoms with E-state index in [2.05, 4.69) is 14.8 Å². The lowest BCUT2D eigenvalue weighted by atomic mass is 10.3. The molecule has 5 nitrogen and oxygen atoms in total. The van der Waals surface area contributed by atoms with Crippen LogP contribution in [-0.2, 0) is 4.74 Å². The van der Waals surface area contributed by atoms with Crippen LogP contribution in [0.2, 0.25) is 0 Å². The molecule has 0 aliphatic rings. The third-order valence-corrected chi connectivity index (χ3v) is 3.71. The fraction of sp³-hybridized carbons (Fsp3) is 0.154. The zero-order chi connectivity index (χ0) is 13.4. The Balaban J connectivity index is 2.08. The Labute approximate surface area is 113 Å². The first-order valence-corrected chi connectivity index (χ1v) is 6.50. The number of pyridine rings is 1. The molecule has 0 saturated heterocycles. The summed E-state index contributed by atoms with van der Waals surface area (Å²) in [5.41, 5.74) is 1.16. The molecule has 19 heavy (non-hydrogen) atoms. The van der Waals surface area contributed by atoms with Crippen LogP contribution < -0.4 is 0 Å². The molecule has 0 bridgehead atoms. The molecule has 3 aromatic heterocycles. The molecule has 0 atom stereocenters. The highest BCUT2D eigenvalue weighted by Gasteiger charge is 2.11. The van der Waals surface area contributed by atoms with E-state index in [9.17, 15) is 4.79 Å². The molecule has 0 fully saturated rings. The molecule has 6 heteroatoms. The molecular formula is C13H11N3O2S. The third kappa shape index (κ3) is 2.10. The number of hydrogen-bond donors (Lipinski definition) is 0. The monoisotopic (exact) mass is 273 g/mol. The minimum atomic E-state index is -0.383. The van der Waals surface area contributed by atoms with Crippen molar-refractivity contribution >= 4 is 23.0 Å². The van der Waals surface area contributed by atoms with E-state index in [1.807, 2.05) is 19.1 Å². The molecule has 3 aromatic rings. The molecule has 0 aromatic carbocycles. The van der Waals surface area contributed by atoms with Crippen LogP contribution in [0.4, 0.5) is 0 Å². The summed E-state index contributed by atoms with van der Waals surface area (Å²) in [6.45, 7) is 2.04. The van der Waals surface area contributed by atoms with Gasteiger partial charge in [-0.1, -0.05) is 0 Å². The number of methoxy groups -OCH3 is 1. The molecule has 0 unspecified atom stereocenters. The van der Waals surface area contributed by atoms with E-state index in [4.69, 9.17) is 0 Å². The van der Waals surface area contributed by atoms with Gasteiger partial charge in [0, 0.05) is 11.1 Å². The number of nitrogens with zero attached hydrogens (tertiary/aromatic N) is 3. The van der Waals surface area contributed by atoms with Crippen molar-refractivity contribution in [3.8, 4) is 10.7 Å². The standard InChI is InChI=1S/C13H11N3O2S/c1-8-3-5-10(19-8)12-14-11-6-4-9(13(17)18-2)7-16(11)15-12/h3-7H,1-2H3. The van der Waals surface area contributed by atoms with Crippen molar-refractivity contribution in [2.24, 2.45) is 0 Å². The Hall–Kier alpha value is -2.21. The summed E-state index contributed by atoms with van der Waals surface area (Å²) in [6.07, 6.45) is 1.62. The molecule has 3 rings (SSSR count). The minimum Gasteiger partial charge on any atom is -0.465 e. The van der Waals surface area contributed by atoms with Crippen molar-refractivity contribution in [1.82, 2.24) is 14.6 Å². The lowest BCUT2D eigenvalue weighted by Crippen LogP contribution is -2.03. The van der Waals surface area contributed by atoms with Crippen LogP contribution in [0.15, 0.2) is 30.5 Å². The van der Waals surface area contributed by atoms with Crippen molar-refractivity contribution in [3.05, 3.63) is 40.9 Å². The van der Waals surface area contributed by atoms with Crippen LogP contribution in [0.25, 0.3) is 16.3 Å². The van der Waals surface area contributed by atoms with Gasteiger partial charge in [-0.2, -0.15) is 0 Å². The summed E-state index contributed by atoms with van der Waals surface area (Å²) in [6, 6.07) is 7.46. The Kier molecular flexibility index (Phi) is 2.79. The van der Waals surface area contributed by atoms with Crippen LogP contribution in [0.5, 0.6) is 0 Å². The lowest BCUT2D eigenvalue weighted by molar-refractivity contribution is 0.0600. The van der Waals surface area contributed by atoms with Crippen molar-refractivity contribution in [3.63, 3.8) is 0 Å². The predicted molar refractivity (Wildman–Crippen MR) is 72.4 cm³/mol. The van der Waals surface area contributed by atoms with Crippen molar-refractivity contribution in [2.45, 2.75) is 6.92 Å². The molecule has 96 valence electrons. The first kappa shape index (κ1) is 11.9. The lowest BCUT2D eigenvalue weighted by Gasteiger charge is -1.98. The molecule has 3 heterocycles. The highest BCUT2D eigenvalue weighted by molar-refractivity contribution is 7.15. The summed E-state index contributed by atoms with van der Waals surface area (Å²) >= 11 is 1.64. The topological polar surface area (TPSA) is 56.5 Å². The van der Waals surface area contributed by atoms with Crippen LogP contribution in [0.3, 0.4) is 0 Å². The van der Waals surface area contributed by atoms with Gasteiger partial charge in [0.15, 0.2) is 11.5 Å². The maximum absolute atomic E-state index is 11.5. The maximum Gasteiger partial charge on any atom is 0.339 e. The SMILES string of the molecule is COC(=O)c1ccc2nc(-c3ccc(C)s3)nn2c1. The van der Waals surface area contributed by atoms with Gasteiger partial charge in [-0.3, -0.25) is 0 Å². The van der Waals surface area contributed by atoms with E-state index in [1.165, 1.54) is 12.0 Å². The first-order valence-electron chi connectivity index (χ1n) is 5.69. The highest BCUT2D eigenvalue weighted by Crippen LogP contribution is 2.25. The molecule has 0 spiro atoms. The van der Waals surface area contributed by atoms with Gasteiger partial charge < -0.3 is 4.74 Å². The second-order valence-corrected chi connectivity index (χ2v) is 5.35. The average Bonchev–Trinajstić information content (AvgIpc) is 3.02. The largest absolute Gasteiger partial charge is 0.465 e. The van der Waals surface area contributed by atoms with Gasteiger partial charge in [0.05, 0.1) is 17.6 Å². The van der Waals surface area contributed by atoms with E-state index in [1.54, 1.807) is 34.2 Å². The zero-order valence-corrected chi connectivity index (χ0v) is 11.3. The minimum absolute atomic E-state index is 0.383. The molecule has 0 aliphatic heterocycles. The Morgan fingerprint density at radius 1 is 1.32 bits per heavy atom. The summed E-state index contributed by atoms with van der Waals surface area (Å²) in [4.78, 5) is 18.1. The highest BCUT2D eigenvalue weighted by atomic mass is 32.1. The third-order valence-electron chi connectivity index (χ3n) is 2.71. The zero-order valence-electron chi connectivity index (χ0n) is 10.5. The number of aryl methyl sites for hydroxylation is 1. The van der Waals surface area contributed by atoms with Gasteiger partial charge in [-0.25, -0.2) is 14.3 Å². The molecular weight excluding hydrogens is 262 g/mol. The van der Waals surface area contributed by atoms with Gasteiger partial charge in [0.25, 0.3) is 0 Å². The maximum atomic E-state index is 11.5. The normalized spacial score (nSPS) is 10.8. The van der Waals surface area contributed by atoms with E-state index in [-0.39, 0.29) is 5.97 Å². The van der Waals surface area contributed by atoms with Crippen LogP contribution in [0, 0.1) is 6.92 Å². The molecule has 0 radical (unpaired) electrons. The Morgan fingerprint density at radius 2 is 2.16 bits per heavy atom. The Morgan fingerprint density at radius 3 is 2.84 bits per heavy atom. The smallest absolute Gasteiger partial charge is 0.339 e. The van der Waals surface area contributed by atoms with Gasteiger partial charge in [-0.15, -0.1) is 16.4 Å². The quantitative estimate of drug-likeness (QED) is 0.673. The van der Waals surface area contributed by atoms with Gasteiger partial charge in [0.2, 0.25) is 0 Å². The van der Waals surface area contributed by atoms with Gasteiger partial charge >= 0.3 is 5.97 Å². The fourth-order valence-corrected chi connectivity index (χ4v) is 2.58. The number of aromatic nitrogens is 3. The van der Waals surface area contributed by atoms with E-state index in [0.29, 0.717) is 17.0 Å². The first-order chi connectivity index (χ1) is 9.17. The Bertz CT molecular complexity index is 760. The van der Waals surface area contributed by atoms with Crippen molar-refractivity contribution < 1.29 is 9.53 Å². The average molecular weight is 273 g/mol. The number of fused-ring (bicyclic) bond motifs is 1. The number of hydrogen-bond acceptors (Lipinski definition) is 5. The summed E-state index contributed by atoms with van der Waals surface area (Å²) < 4.78 is 6.28. The summed E-state index contributed by atoms with van der Waals surface area (Å²) in [5.74, 6) is 0.283. The van der Waals surface area contributed by atoms with Crippen LogP contribution in [-0.4, -0.2) is 27.7 Å². The van der Waals surface area contributed by atoms with Gasteiger partial charge in [0.1, 0.15) is 0 Å². The van der Waals surface area contributed by atoms with E-state index in [0.717, 1.165) is 4.88 Å². The number of esters is 1. The number of carbonyl (C=O) groups excluding carboxylic acids is 1. The number of ether oxygens (including phenoxy) is 1. The van der Waals surface area contributed by atoms with Crippen LogP contribution >= 0.6 is 11.3 Å². The fourth-order valence-electron chi connectivity index (χ4n) is 1.78. The van der Waals surface area contributed by atoms with E-state index >= 15 is 0 Å². The van der Waals surface area contributed by atoms with Gasteiger partial charge in [-0.05, 0) is 31.2 Å². The molecule has 0 N–H and O–H groups in total. The van der Waals surface area contributed by atoms with Crippen molar-refractivity contribution in [2.75, 3.05) is 7.11 Å². The number of rotatable bonds is 2. The van der Waals surface area contributed by atoms with Crippen LogP contribution in [0.1, 0.15) is 15.2 Å². The molecule has 0 saturated carbocycles. The second-order valence-electron chi connectivity index (χ2n) is 4.06. The second kappa shape index (κ2) is 4.47. The summed E-state index contributed by atoms with van der Waals surface area (Å²) in [5, 5.41) is 4.38. The number of thiophene rings is 1. The molecule has 0 amide bonds.